The van der Waals surface area contributed by atoms with Crippen LogP contribution in [0.2, 0.25) is 0 Å². The second-order valence-electron chi connectivity index (χ2n) is 4.14. The van der Waals surface area contributed by atoms with Gasteiger partial charge in [-0.3, -0.25) is 10.1 Å². The van der Waals surface area contributed by atoms with Crippen LogP contribution in [-0.4, -0.2) is 18.1 Å². The van der Waals surface area contributed by atoms with Crippen molar-refractivity contribution in [1.29, 1.82) is 0 Å². The number of alkyl halides is 3. The first kappa shape index (κ1) is 15.0. The van der Waals surface area contributed by atoms with Crippen molar-refractivity contribution >= 4 is 17.6 Å². The molecule has 3 amide bonds. The Morgan fingerprint density at radius 1 is 1.05 bits per heavy atom. The molecule has 0 fully saturated rings. The van der Waals surface area contributed by atoms with Crippen LogP contribution in [0.4, 0.5) is 23.7 Å². The molecule has 0 spiro atoms. The number of carbonyl (C=O) groups is 2. The SMILES string of the molecule is Cc1cc(NC(=O)NC(=O)C(F)(F)F)cc(C)c1C. The van der Waals surface area contributed by atoms with Crippen LogP contribution in [0, 0.1) is 20.8 Å². The molecular weight excluding hydrogens is 261 g/mol. The fraction of sp³-hybridized carbons (Fsp3) is 0.333. The zero-order chi connectivity index (χ0) is 14.8. The van der Waals surface area contributed by atoms with Crippen molar-refractivity contribution in [3.8, 4) is 0 Å². The highest BCUT2D eigenvalue weighted by molar-refractivity contribution is 6.03. The van der Waals surface area contributed by atoms with Gasteiger partial charge in [0.15, 0.2) is 0 Å². The number of carbonyl (C=O) groups excluding carboxylic acids is 2. The third-order valence-corrected chi connectivity index (χ3v) is 2.67. The fourth-order valence-electron chi connectivity index (χ4n) is 1.44. The lowest BCUT2D eigenvalue weighted by molar-refractivity contribution is -0.172. The van der Waals surface area contributed by atoms with E-state index in [1.165, 1.54) is 5.32 Å². The van der Waals surface area contributed by atoms with Gasteiger partial charge in [-0.05, 0) is 49.6 Å². The third-order valence-electron chi connectivity index (χ3n) is 2.67. The van der Waals surface area contributed by atoms with E-state index in [0.717, 1.165) is 16.7 Å². The van der Waals surface area contributed by atoms with E-state index in [4.69, 9.17) is 0 Å². The van der Waals surface area contributed by atoms with E-state index in [9.17, 15) is 22.8 Å². The predicted molar refractivity (Wildman–Crippen MR) is 63.9 cm³/mol. The van der Waals surface area contributed by atoms with E-state index in [1.54, 1.807) is 12.1 Å². The van der Waals surface area contributed by atoms with Gasteiger partial charge in [-0.1, -0.05) is 0 Å². The monoisotopic (exact) mass is 274 g/mol. The van der Waals surface area contributed by atoms with Crippen LogP contribution in [0.1, 0.15) is 16.7 Å². The van der Waals surface area contributed by atoms with Crippen molar-refractivity contribution in [3.05, 3.63) is 28.8 Å². The summed E-state index contributed by atoms with van der Waals surface area (Å²) in [5.74, 6) is -2.30. The number of benzene rings is 1. The Kier molecular flexibility index (Phi) is 4.18. The van der Waals surface area contributed by atoms with E-state index in [1.807, 2.05) is 20.8 Å². The molecule has 0 aliphatic heterocycles. The topological polar surface area (TPSA) is 58.2 Å². The molecule has 1 aromatic carbocycles. The number of urea groups is 1. The third kappa shape index (κ3) is 3.97. The molecule has 0 radical (unpaired) electrons. The molecule has 4 nitrogen and oxygen atoms in total. The van der Waals surface area contributed by atoms with E-state index in [-0.39, 0.29) is 0 Å². The Morgan fingerprint density at radius 3 is 1.95 bits per heavy atom. The zero-order valence-corrected chi connectivity index (χ0v) is 10.6. The summed E-state index contributed by atoms with van der Waals surface area (Å²) in [7, 11) is 0. The van der Waals surface area contributed by atoms with Gasteiger partial charge >= 0.3 is 18.1 Å². The number of amides is 3. The number of hydrogen-bond donors (Lipinski definition) is 2. The van der Waals surface area contributed by atoms with Gasteiger partial charge in [-0.2, -0.15) is 13.2 Å². The minimum atomic E-state index is -5.09. The molecule has 0 saturated carbocycles. The van der Waals surface area contributed by atoms with Gasteiger partial charge in [-0.15, -0.1) is 0 Å². The number of aryl methyl sites for hydroxylation is 2. The molecule has 104 valence electrons. The van der Waals surface area contributed by atoms with Crippen molar-refractivity contribution in [2.75, 3.05) is 5.32 Å². The van der Waals surface area contributed by atoms with E-state index < -0.39 is 18.1 Å². The molecule has 7 heteroatoms. The maximum Gasteiger partial charge on any atom is 0.471 e. The summed E-state index contributed by atoms with van der Waals surface area (Å²) < 4.78 is 35.8. The molecule has 19 heavy (non-hydrogen) atoms. The molecule has 0 bridgehead atoms. The van der Waals surface area contributed by atoms with Gasteiger partial charge < -0.3 is 5.32 Å². The first-order chi connectivity index (χ1) is 8.61. The highest BCUT2D eigenvalue weighted by Gasteiger charge is 2.39. The summed E-state index contributed by atoms with van der Waals surface area (Å²) in [6.07, 6.45) is -5.09. The second kappa shape index (κ2) is 5.29. The van der Waals surface area contributed by atoms with Gasteiger partial charge in [0.2, 0.25) is 0 Å². The Balaban J connectivity index is 2.76. The molecule has 2 N–H and O–H groups in total. The lowest BCUT2D eigenvalue weighted by Crippen LogP contribution is -2.42. The van der Waals surface area contributed by atoms with Crippen LogP contribution in [0.25, 0.3) is 0 Å². The molecule has 0 atom stereocenters. The summed E-state index contributed by atoms with van der Waals surface area (Å²) in [5, 5.41) is 3.39. The van der Waals surface area contributed by atoms with Crippen molar-refractivity contribution < 1.29 is 22.8 Å². The maximum atomic E-state index is 11.9. The van der Waals surface area contributed by atoms with Crippen molar-refractivity contribution in [2.24, 2.45) is 0 Å². The molecule has 0 heterocycles. The van der Waals surface area contributed by atoms with Crippen LogP contribution in [-0.2, 0) is 4.79 Å². The Morgan fingerprint density at radius 2 is 1.53 bits per heavy atom. The summed E-state index contributed by atoms with van der Waals surface area (Å²) in [6.45, 7) is 5.51. The minimum Gasteiger partial charge on any atom is -0.308 e. The number of hydrogen-bond acceptors (Lipinski definition) is 2. The van der Waals surface area contributed by atoms with Crippen molar-refractivity contribution in [1.82, 2.24) is 5.32 Å². The second-order valence-corrected chi connectivity index (χ2v) is 4.14. The lowest BCUT2D eigenvalue weighted by atomic mass is 10.0. The van der Waals surface area contributed by atoms with Gasteiger partial charge in [0.05, 0.1) is 0 Å². The first-order valence-corrected chi connectivity index (χ1v) is 5.38. The summed E-state index contributed by atoms with van der Waals surface area (Å²) in [4.78, 5) is 21.8. The molecule has 1 aromatic rings. The molecule has 0 aliphatic carbocycles. The Hall–Kier alpha value is -2.05. The number of halogens is 3. The molecule has 1 rings (SSSR count). The maximum absolute atomic E-state index is 11.9. The largest absolute Gasteiger partial charge is 0.471 e. The van der Waals surface area contributed by atoms with Crippen LogP contribution in [0.5, 0.6) is 0 Å². The van der Waals surface area contributed by atoms with Crippen LogP contribution in [0.15, 0.2) is 12.1 Å². The molecule has 0 aromatic heterocycles. The van der Waals surface area contributed by atoms with Gasteiger partial charge in [-0.25, -0.2) is 4.79 Å². The van der Waals surface area contributed by atoms with Crippen LogP contribution >= 0.6 is 0 Å². The Bertz CT molecular complexity index is 501. The van der Waals surface area contributed by atoms with E-state index in [0.29, 0.717) is 5.69 Å². The smallest absolute Gasteiger partial charge is 0.308 e. The summed E-state index contributed by atoms with van der Waals surface area (Å²) >= 11 is 0. The number of rotatable bonds is 1. The van der Waals surface area contributed by atoms with Crippen LogP contribution < -0.4 is 10.6 Å². The summed E-state index contributed by atoms with van der Waals surface area (Å²) in [6, 6.07) is 2.00. The van der Waals surface area contributed by atoms with Crippen LogP contribution in [0.3, 0.4) is 0 Å². The molecule has 0 aliphatic rings. The van der Waals surface area contributed by atoms with Gasteiger partial charge in [0.1, 0.15) is 0 Å². The highest BCUT2D eigenvalue weighted by Crippen LogP contribution is 2.19. The molecule has 0 saturated heterocycles. The predicted octanol–water partition coefficient (Wildman–Crippen LogP) is 2.82. The van der Waals surface area contributed by atoms with Crippen molar-refractivity contribution in [3.63, 3.8) is 0 Å². The lowest BCUT2D eigenvalue weighted by Gasteiger charge is -2.11. The summed E-state index contributed by atoms with van der Waals surface area (Å²) in [5.41, 5.74) is 3.13. The molecular formula is C12H13F3N2O2. The molecule has 0 unspecified atom stereocenters. The average Bonchev–Trinajstić information content (AvgIpc) is 2.24. The fourth-order valence-corrected chi connectivity index (χ4v) is 1.44. The first-order valence-electron chi connectivity index (χ1n) is 5.38. The number of anilines is 1. The minimum absolute atomic E-state index is 0.327. The highest BCUT2D eigenvalue weighted by atomic mass is 19.4. The quantitative estimate of drug-likeness (QED) is 0.827. The number of imide groups is 1. The Labute approximate surface area is 108 Å². The van der Waals surface area contributed by atoms with E-state index in [2.05, 4.69) is 5.32 Å². The normalized spacial score (nSPS) is 11.1. The zero-order valence-electron chi connectivity index (χ0n) is 10.6. The number of nitrogens with one attached hydrogen (secondary N) is 2. The van der Waals surface area contributed by atoms with E-state index >= 15 is 0 Å². The van der Waals surface area contributed by atoms with Gasteiger partial charge in [0.25, 0.3) is 0 Å². The van der Waals surface area contributed by atoms with Crippen molar-refractivity contribution in [2.45, 2.75) is 26.9 Å². The standard InChI is InChI=1S/C12H13F3N2O2/c1-6-4-9(5-7(2)8(6)3)16-11(19)17-10(18)12(13,14)15/h4-5H,1-3H3,(H2,16,17,18,19). The van der Waals surface area contributed by atoms with Gasteiger partial charge in [0, 0.05) is 5.69 Å². The average molecular weight is 274 g/mol.